The van der Waals surface area contributed by atoms with Crippen molar-refractivity contribution in [3.05, 3.63) is 22.4 Å². The highest BCUT2D eigenvalue weighted by Gasteiger charge is 2.39. The van der Waals surface area contributed by atoms with E-state index in [0.717, 1.165) is 4.88 Å². The van der Waals surface area contributed by atoms with Crippen LogP contribution in [0.25, 0.3) is 0 Å². The van der Waals surface area contributed by atoms with Gasteiger partial charge in [0.2, 0.25) is 11.1 Å². The van der Waals surface area contributed by atoms with Gasteiger partial charge in [-0.1, -0.05) is 17.8 Å². The molecule has 1 amide bonds. The Balaban J connectivity index is 1.55. The third kappa shape index (κ3) is 4.33. The standard InChI is InChI=1S/C13H17N5O3S3/c1-13(4-6-24(20,21)9-13)14-11(19)8-23-12-15-16-17-18(12)7-10-3-2-5-22-10/h2-3,5H,4,6-9H2,1H3,(H,14,19)/t13-/m0/s1. The lowest BCUT2D eigenvalue weighted by atomic mass is 10.0. The molecule has 0 unspecified atom stereocenters. The monoisotopic (exact) mass is 387 g/mol. The molecule has 2 aromatic rings. The van der Waals surface area contributed by atoms with Crippen LogP contribution in [-0.2, 0) is 21.2 Å². The molecule has 8 nitrogen and oxygen atoms in total. The predicted octanol–water partition coefficient (Wildman–Crippen LogP) is 0.568. The molecule has 11 heteroatoms. The van der Waals surface area contributed by atoms with E-state index in [9.17, 15) is 13.2 Å². The fourth-order valence-corrected chi connectivity index (χ4v) is 6.02. The van der Waals surface area contributed by atoms with E-state index < -0.39 is 15.4 Å². The van der Waals surface area contributed by atoms with Crippen LogP contribution in [0, 0.1) is 0 Å². The summed E-state index contributed by atoms with van der Waals surface area (Å²) in [4.78, 5) is 13.3. The first-order valence-corrected chi connectivity index (χ1v) is 11.0. The number of tetrazole rings is 1. The molecule has 3 rings (SSSR count). The Hall–Kier alpha value is -1.46. The zero-order valence-corrected chi connectivity index (χ0v) is 15.5. The van der Waals surface area contributed by atoms with E-state index in [2.05, 4.69) is 20.8 Å². The average Bonchev–Trinajstić information content (AvgIpc) is 3.19. The van der Waals surface area contributed by atoms with Gasteiger partial charge in [0, 0.05) is 4.88 Å². The van der Waals surface area contributed by atoms with Gasteiger partial charge in [-0.3, -0.25) is 4.79 Å². The molecule has 1 aliphatic rings. The third-order valence-electron chi connectivity index (χ3n) is 3.66. The van der Waals surface area contributed by atoms with Crippen LogP contribution in [0.1, 0.15) is 18.2 Å². The summed E-state index contributed by atoms with van der Waals surface area (Å²) < 4.78 is 24.8. The molecular weight excluding hydrogens is 370 g/mol. The highest BCUT2D eigenvalue weighted by molar-refractivity contribution is 7.99. The van der Waals surface area contributed by atoms with E-state index in [1.54, 1.807) is 22.9 Å². The molecule has 1 aliphatic heterocycles. The Labute approximate surface area is 147 Å². The van der Waals surface area contributed by atoms with Gasteiger partial charge in [-0.05, 0) is 35.2 Å². The molecule has 0 radical (unpaired) electrons. The molecular formula is C13H17N5O3S3. The van der Waals surface area contributed by atoms with E-state index >= 15 is 0 Å². The number of thiophene rings is 1. The van der Waals surface area contributed by atoms with Crippen molar-refractivity contribution in [2.75, 3.05) is 17.3 Å². The lowest BCUT2D eigenvalue weighted by Gasteiger charge is -2.23. The summed E-state index contributed by atoms with van der Waals surface area (Å²) in [6.45, 7) is 2.32. The van der Waals surface area contributed by atoms with Gasteiger partial charge in [-0.25, -0.2) is 13.1 Å². The van der Waals surface area contributed by atoms with Crippen molar-refractivity contribution in [2.45, 2.75) is 30.6 Å². The summed E-state index contributed by atoms with van der Waals surface area (Å²) in [5.41, 5.74) is -0.681. The number of nitrogens with one attached hydrogen (secondary N) is 1. The predicted molar refractivity (Wildman–Crippen MR) is 91.8 cm³/mol. The molecule has 24 heavy (non-hydrogen) atoms. The van der Waals surface area contributed by atoms with Crippen LogP contribution >= 0.6 is 23.1 Å². The molecule has 1 N–H and O–H groups in total. The first-order valence-electron chi connectivity index (χ1n) is 7.28. The average molecular weight is 388 g/mol. The van der Waals surface area contributed by atoms with Crippen molar-refractivity contribution in [1.29, 1.82) is 0 Å². The Kier molecular flexibility index (Phi) is 4.92. The van der Waals surface area contributed by atoms with Crippen LogP contribution in [0.4, 0.5) is 0 Å². The molecule has 0 saturated carbocycles. The summed E-state index contributed by atoms with van der Waals surface area (Å²) in [7, 11) is -3.05. The minimum Gasteiger partial charge on any atom is -0.349 e. The molecule has 0 aromatic carbocycles. The van der Waals surface area contributed by atoms with Crippen LogP contribution < -0.4 is 5.32 Å². The van der Waals surface area contributed by atoms with Crippen LogP contribution in [0.5, 0.6) is 0 Å². The minimum atomic E-state index is -3.05. The molecule has 1 atom stereocenters. The van der Waals surface area contributed by atoms with Crippen molar-refractivity contribution in [3.63, 3.8) is 0 Å². The van der Waals surface area contributed by atoms with E-state index in [4.69, 9.17) is 0 Å². The molecule has 2 aromatic heterocycles. The van der Waals surface area contributed by atoms with Crippen molar-refractivity contribution in [1.82, 2.24) is 25.5 Å². The van der Waals surface area contributed by atoms with Gasteiger partial charge in [-0.2, -0.15) is 0 Å². The van der Waals surface area contributed by atoms with Crippen molar-refractivity contribution in [3.8, 4) is 0 Å². The van der Waals surface area contributed by atoms with Crippen LogP contribution in [0.3, 0.4) is 0 Å². The number of aromatic nitrogens is 4. The Morgan fingerprint density at radius 1 is 1.54 bits per heavy atom. The SMILES string of the molecule is C[C@]1(NC(=O)CSc2nnnn2Cc2cccs2)CCS(=O)(=O)C1. The molecule has 1 fully saturated rings. The van der Waals surface area contributed by atoms with E-state index in [1.807, 2.05) is 17.5 Å². The molecule has 3 heterocycles. The first-order chi connectivity index (χ1) is 11.4. The Bertz CT molecular complexity index is 818. The Morgan fingerprint density at radius 2 is 2.38 bits per heavy atom. The van der Waals surface area contributed by atoms with Gasteiger partial charge in [0.1, 0.15) is 0 Å². The fraction of sp³-hybridized carbons (Fsp3) is 0.538. The van der Waals surface area contributed by atoms with Gasteiger partial charge in [0.15, 0.2) is 9.84 Å². The second kappa shape index (κ2) is 6.81. The number of hydrogen-bond acceptors (Lipinski definition) is 8. The number of rotatable bonds is 6. The van der Waals surface area contributed by atoms with Crippen molar-refractivity contribution >= 4 is 38.8 Å². The van der Waals surface area contributed by atoms with Gasteiger partial charge >= 0.3 is 0 Å². The largest absolute Gasteiger partial charge is 0.349 e. The maximum Gasteiger partial charge on any atom is 0.230 e. The van der Waals surface area contributed by atoms with Crippen molar-refractivity contribution in [2.24, 2.45) is 0 Å². The van der Waals surface area contributed by atoms with Gasteiger partial charge in [0.05, 0.1) is 29.3 Å². The molecule has 0 spiro atoms. The quantitative estimate of drug-likeness (QED) is 0.722. The summed E-state index contributed by atoms with van der Waals surface area (Å²) >= 11 is 2.85. The maximum absolute atomic E-state index is 12.1. The number of sulfone groups is 1. The van der Waals surface area contributed by atoms with Crippen LogP contribution in [0.15, 0.2) is 22.7 Å². The summed E-state index contributed by atoms with van der Waals surface area (Å²) in [6, 6.07) is 3.95. The summed E-state index contributed by atoms with van der Waals surface area (Å²) in [6.07, 6.45) is 0.446. The normalized spacial score (nSPS) is 22.5. The maximum atomic E-state index is 12.1. The lowest BCUT2D eigenvalue weighted by Crippen LogP contribution is -2.47. The highest BCUT2D eigenvalue weighted by atomic mass is 32.2. The topological polar surface area (TPSA) is 107 Å². The first kappa shape index (κ1) is 17.4. The van der Waals surface area contributed by atoms with Crippen LogP contribution in [0.2, 0.25) is 0 Å². The number of hydrogen-bond donors (Lipinski definition) is 1. The number of amides is 1. The second-order valence-corrected chi connectivity index (χ2v) is 10.1. The van der Waals surface area contributed by atoms with E-state index in [1.165, 1.54) is 11.8 Å². The smallest absolute Gasteiger partial charge is 0.230 e. The fourth-order valence-electron chi connectivity index (χ4n) is 2.56. The zero-order valence-electron chi connectivity index (χ0n) is 13.0. The molecule has 1 saturated heterocycles. The van der Waals surface area contributed by atoms with Crippen LogP contribution in [-0.4, -0.2) is 57.3 Å². The highest BCUT2D eigenvalue weighted by Crippen LogP contribution is 2.23. The molecule has 130 valence electrons. The van der Waals surface area contributed by atoms with Gasteiger partial charge in [0.25, 0.3) is 0 Å². The van der Waals surface area contributed by atoms with Crippen molar-refractivity contribution < 1.29 is 13.2 Å². The number of carbonyl (C=O) groups excluding carboxylic acids is 1. The lowest BCUT2D eigenvalue weighted by molar-refractivity contribution is -0.120. The van der Waals surface area contributed by atoms with E-state index in [0.29, 0.717) is 18.1 Å². The summed E-state index contributed by atoms with van der Waals surface area (Å²) in [5.74, 6) is 0.0356. The molecule has 0 bridgehead atoms. The third-order valence-corrected chi connectivity index (χ3v) is 7.38. The number of carbonyl (C=O) groups is 1. The molecule has 0 aliphatic carbocycles. The van der Waals surface area contributed by atoms with Gasteiger partial charge in [-0.15, -0.1) is 16.4 Å². The minimum absolute atomic E-state index is 0.00742. The number of nitrogens with zero attached hydrogens (tertiary/aromatic N) is 4. The second-order valence-electron chi connectivity index (χ2n) is 5.94. The number of thioether (sulfide) groups is 1. The Morgan fingerprint density at radius 3 is 3.04 bits per heavy atom. The summed E-state index contributed by atoms with van der Waals surface area (Å²) in [5, 5.41) is 16.9. The van der Waals surface area contributed by atoms with Gasteiger partial charge < -0.3 is 5.32 Å². The van der Waals surface area contributed by atoms with E-state index in [-0.39, 0.29) is 23.2 Å². The zero-order chi connectivity index (χ0) is 17.2.